The SMILES string of the molecule is CN1C(C)(C)CC(OC2=NN(OC3CC(C)(C)N(C)C(C)(C)C3)NC(N(CCCN(C3=CC(OC4CC(C)(C)N(C)C(C)(C)C4)=NN(OC4CC(C)(C)N(C)C(C)(C)C4)N3)C3CC(C)(C)N(C)C(C)(C)C3)CCCN(C3=CC(OC4CC(C)(C)N(C)C(C)(C)C4)=NN(OC4CC(C)(C)N(C)C(C)(C)C4)N3)C3CC(C)(C)N(C)C(C)(C)C3)=C2)CC1(C)C. The van der Waals surface area contributed by atoms with E-state index in [1.165, 1.54) is 0 Å². The Morgan fingerprint density at radius 2 is 0.430 bits per heavy atom. The number of hydrazone groups is 3. The molecule has 0 amide bonds. The molecule has 11 heterocycles. The maximum atomic E-state index is 7.42. The van der Waals surface area contributed by atoms with Crippen LogP contribution in [-0.2, 0) is 28.7 Å². The van der Waals surface area contributed by atoms with Crippen LogP contribution in [0.4, 0.5) is 0 Å². The van der Waals surface area contributed by atoms with Crippen LogP contribution in [0.1, 0.15) is 337 Å². The lowest BCUT2D eigenvalue weighted by Crippen LogP contribution is -2.64. The molecule has 3 N–H and O–H groups in total. The quantitative estimate of drug-likeness (QED) is 0.0933. The van der Waals surface area contributed by atoms with Crippen molar-refractivity contribution >= 4 is 17.7 Å². The van der Waals surface area contributed by atoms with Gasteiger partial charge < -0.3 is 28.9 Å². The Morgan fingerprint density at radius 3 is 0.636 bits per heavy atom. The first-order chi connectivity index (χ1) is 55.0. The van der Waals surface area contributed by atoms with Gasteiger partial charge in [0.1, 0.15) is 35.8 Å². The molecule has 0 aromatic carbocycles. The van der Waals surface area contributed by atoms with Gasteiger partial charge in [0.05, 0.1) is 18.3 Å². The Bertz CT molecular complexity index is 3500. The molecule has 8 fully saturated rings. The Kier molecular flexibility index (Phi) is 26.8. The molecule has 0 aromatic heterocycles. The van der Waals surface area contributed by atoms with E-state index in [0.717, 1.165) is 133 Å². The average Bonchev–Trinajstić information content (AvgIpc) is 0.781. The summed E-state index contributed by atoms with van der Waals surface area (Å²) in [5.41, 5.74) is 9.59. The Balaban J connectivity index is 1.01. The standard InChI is InChI=1S/C95H178N20O6/c1-80(2)50-66(51-81(3,4)102(80)33)111(75-48-78(117-69-56-86(13,14)105(36)87(15,16)57-69)100-114(97-75)120-72-62-92(25,26)108(39)93(27,28)63-72)45-41-43-110(74-47-77(116-68-54-84(9,10)104(35)85(11,12)55-68)99-113(96-74)119-71-60-90(21,22)107(38)91(23,24)61-71)44-42-46-112(67-52-82(5,6)103(34)83(7,8)53-67)76-49-79(118-70-58-88(17,18)106(37)89(19,20)59-70)101-115(98-76)121-73-64-94(29,30)109(40)95(31,32)65-73/h47-49,66-73,96-98H,41-46,50-65H2,1-40H3. The van der Waals surface area contributed by atoms with Crippen molar-refractivity contribution in [1.29, 1.82) is 0 Å². The first kappa shape index (κ1) is 97.0. The third-order valence-corrected chi connectivity index (χ3v) is 33.3. The molecule has 694 valence electrons. The van der Waals surface area contributed by atoms with E-state index >= 15 is 0 Å². The maximum Gasteiger partial charge on any atom is 0.239 e. The lowest BCUT2D eigenvalue weighted by atomic mass is 9.77. The summed E-state index contributed by atoms with van der Waals surface area (Å²) in [6.07, 6.45) is 21.2. The van der Waals surface area contributed by atoms with Crippen LogP contribution < -0.4 is 16.3 Å². The van der Waals surface area contributed by atoms with Gasteiger partial charge in [-0.05, 0) is 355 Å². The number of rotatable bonds is 22. The molecule has 11 aliphatic heterocycles. The van der Waals surface area contributed by atoms with Crippen LogP contribution >= 0.6 is 0 Å². The minimum Gasteiger partial charge on any atom is -0.473 e. The fraction of sp³-hybridized carbons (Fsp3) is 0.905. The number of hydrogen-bond donors (Lipinski definition) is 3. The summed E-state index contributed by atoms with van der Waals surface area (Å²) in [6.45, 7) is 78.3. The molecule has 8 saturated heterocycles. The van der Waals surface area contributed by atoms with Crippen molar-refractivity contribution in [1.82, 2.24) is 86.0 Å². The zero-order chi connectivity index (χ0) is 90.3. The first-order valence-electron chi connectivity index (χ1n) is 46.8. The Labute approximate surface area is 736 Å². The lowest BCUT2D eigenvalue weighted by Gasteiger charge is -2.56. The second-order valence-electron chi connectivity index (χ2n) is 49.6. The zero-order valence-corrected chi connectivity index (χ0v) is 84.5. The van der Waals surface area contributed by atoms with Gasteiger partial charge in [-0.15, -0.1) is 0 Å². The van der Waals surface area contributed by atoms with E-state index in [9.17, 15) is 0 Å². The minimum absolute atomic E-state index is 0.0862. The van der Waals surface area contributed by atoms with Gasteiger partial charge in [0.15, 0.2) is 0 Å². The van der Waals surface area contributed by atoms with Gasteiger partial charge in [0.2, 0.25) is 17.7 Å². The van der Waals surface area contributed by atoms with Gasteiger partial charge in [0, 0.05) is 184 Å². The van der Waals surface area contributed by atoms with Crippen LogP contribution in [-0.4, -0.2) is 307 Å². The van der Waals surface area contributed by atoms with Crippen LogP contribution in [0.3, 0.4) is 0 Å². The summed E-state index contributed by atoms with van der Waals surface area (Å²) in [5, 5.41) is 21.0. The fourth-order valence-electron chi connectivity index (χ4n) is 24.3. The molecular formula is C95H178N20O6. The number of nitrogens with zero attached hydrogens (tertiary/aromatic N) is 17. The van der Waals surface area contributed by atoms with Crippen LogP contribution in [0.5, 0.6) is 0 Å². The number of hydrazine groups is 3. The van der Waals surface area contributed by atoms with E-state index in [1.54, 1.807) is 15.8 Å². The molecule has 0 bridgehead atoms. The monoisotopic (exact) mass is 1700 g/mol. The summed E-state index contributed by atoms with van der Waals surface area (Å²) in [5.74, 6) is 4.37. The molecule has 11 rings (SSSR count). The summed E-state index contributed by atoms with van der Waals surface area (Å²) in [6, 6.07) is 0.213. The van der Waals surface area contributed by atoms with E-state index in [2.05, 4.69) is 366 Å². The summed E-state index contributed by atoms with van der Waals surface area (Å²) in [7, 11) is 18.2. The summed E-state index contributed by atoms with van der Waals surface area (Å²) in [4.78, 5) is 50.1. The molecule has 0 aromatic rings. The molecule has 0 unspecified atom stereocenters. The predicted molar refractivity (Wildman–Crippen MR) is 494 cm³/mol. The second-order valence-corrected chi connectivity index (χ2v) is 49.6. The van der Waals surface area contributed by atoms with Gasteiger partial charge in [-0.2, -0.15) is 0 Å². The third-order valence-electron chi connectivity index (χ3n) is 33.3. The Hall–Kier alpha value is -4.61. The predicted octanol–water partition coefficient (Wildman–Crippen LogP) is 15.7. The van der Waals surface area contributed by atoms with E-state index in [0.29, 0.717) is 43.9 Å². The van der Waals surface area contributed by atoms with E-state index < -0.39 is 0 Å². The van der Waals surface area contributed by atoms with Crippen molar-refractivity contribution in [2.24, 2.45) is 15.3 Å². The maximum absolute atomic E-state index is 7.42. The third kappa shape index (κ3) is 21.4. The van der Waals surface area contributed by atoms with Gasteiger partial charge in [-0.1, -0.05) is 31.1 Å². The molecule has 0 radical (unpaired) electrons. The van der Waals surface area contributed by atoms with Crippen LogP contribution in [0.2, 0.25) is 0 Å². The number of hydrogen-bond acceptors (Lipinski definition) is 26. The molecule has 0 spiro atoms. The van der Waals surface area contributed by atoms with Crippen LogP contribution in [0, 0.1) is 0 Å². The molecular weight excluding hydrogens is 1520 g/mol. The molecule has 0 saturated carbocycles. The zero-order valence-electron chi connectivity index (χ0n) is 84.5. The highest BCUT2D eigenvalue weighted by atomic mass is 16.8. The highest BCUT2D eigenvalue weighted by Gasteiger charge is 2.54. The smallest absolute Gasteiger partial charge is 0.239 e. The van der Waals surface area contributed by atoms with Crippen molar-refractivity contribution in [3.05, 3.63) is 35.7 Å². The molecule has 0 aliphatic carbocycles. The molecule has 26 nitrogen and oxygen atoms in total. The van der Waals surface area contributed by atoms with Gasteiger partial charge >= 0.3 is 0 Å². The second kappa shape index (κ2) is 33.5. The normalized spacial score (nSPS) is 29.4. The van der Waals surface area contributed by atoms with Crippen molar-refractivity contribution in [2.75, 3.05) is 82.6 Å². The van der Waals surface area contributed by atoms with Gasteiger partial charge in [-0.25, -0.2) is 30.8 Å². The van der Waals surface area contributed by atoms with E-state index in [-0.39, 0.29) is 137 Å². The molecule has 11 aliphatic rings. The fourth-order valence-corrected chi connectivity index (χ4v) is 24.3. The number of piperidine rings is 8. The van der Waals surface area contributed by atoms with Crippen LogP contribution in [0.25, 0.3) is 0 Å². The van der Waals surface area contributed by atoms with E-state index in [1.807, 2.05) is 0 Å². The summed E-state index contributed by atoms with van der Waals surface area (Å²) >= 11 is 0. The van der Waals surface area contributed by atoms with Crippen molar-refractivity contribution in [3.63, 3.8) is 0 Å². The number of nitrogens with one attached hydrogen (secondary N) is 3. The summed E-state index contributed by atoms with van der Waals surface area (Å²) < 4.78 is 22.2. The Morgan fingerprint density at radius 1 is 0.256 bits per heavy atom. The molecule has 0 atom stereocenters. The minimum atomic E-state index is -0.153. The number of ether oxygens (including phenoxy) is 3. The molecule has 121 heavy (non-hydrogen) atoms. The van der Waals surface area contributed by atoms with Gasteiger partial charge in [-0.3, -0.25) is 39.2 Å². The average molecular weight is 1700 g/mol. The van der Waals surface area contributed by atoms with Crippen molar-refractivity contribution in [2.45, 2.75) is 474 Å². The molecule has 26 heteroatoms. The topological polar surface area (TPSA) is 174 Å². The van der Waals surface area contributed by atoms with Crippen LogP contribution in [0.15, 0.2) is 51.0 Å². The first-order valence-corrected chi connectivity index (χ1v) is 46.8. The highest BCUT2D eigenvalue weighted by molar-refractivity contribution is 5.89. The largest absolute Gasteiger partial charge is 0.473 e. The van der Waals surface area contributed by atoms with Gasteiger partial charge in [0.25, 0.3) is 0 Å². The highest BCUT2D eigenvalue weighted by Crippen LogP contribution is 2.48. The van der Waals surface area contributed by atoms with Crippen molar-refractivity contribution < 1.29 is 28.7 Å². The van der Waals surface area contributed by atoms with E-state index in [4.69, 9.17) is 44.0 Å². The lowest BCUT2D eigenvalue weighted by molar-refractivity contribution is -0.256. The number of likely N-dealkylation sites (tertiary alicyclic amines) is 8. The van der Waals surface area contributed by atoms with Crippen molar-refractivity contribution in [3.8, 4) is 0 Å².